The van der Waals surface area contributed by atoms with Gasteiger partial charge in [-0.1, -0.05) is 20.8 Å². The fourth-order valence-corrected chi connectivity index (χ4v) is 1.96. The number of guanidine groups is 1. The Balaban J connectivity index is 0.00000400. The standard InChI is InChI=1S/C16H33N3O.HI/c1-16(2,3)9-5-10-18-15(17-4)19-11-6-12-20-13-14-7-8-14;/h14H,5-13H2,1-4H3,(H2,17,18,19);1H. The van der Waals surface area contributed by atoms with Crippen LogP contribution >= 0.6 is 24.0 Å². The van der Waals surface area contributed by atoms with Gasteiger partial charge in [0.05, 0.1) is 0 Å². The molecule has 0 saturated heterocycles. The van der Waals surface area contributed by atoms with Crippen LogP contribution in [0.4, 0.5) is 0 Å². The van der Waals surface area contributed by atoms with Crippen molar-refractivity contribution in [1.82, 2.24) is 10.6 Å². The van der Waals surface area contributed by atoms with Crippen molar-refractivity contribution in [3.63, 3.8) is 0 Å². The molecule has 0 aliphatic heterocycles. The number of hydrogen-bond acceptors (Lipinski definition) is 2. The van der Waals surface area contributed by atoms with Gasteiger partial charge < -0.3 is 15.4 Å². The lowest BCUT2D eigenvalue weighted by atomic mass is 9.91. The first-order valence-electron chi connectivity index (χ1n) is 8.03. The number of nitrogens with one attached hydrogen (secondary N) is 2. The zero-order chi connectivity index (χ0) is 14.8. The van der Waals surface area contributed by atoms with Gasteiger partial charge in [0.2, 0.25) is 0 Å². The lowest BCUT2D eigenvalue weighted by Gasteiger charge is -2.18. The van der Waals surface area contributed by atoms with Gasteiger partial charge in [-0.15, -0.1) is 24.0 Å². The molecule has 0 unspecified atom stereocenters. The first-order valence-corrected chi connectivity index (χ1v) is 8.03. The average molecular weight is 411 g/mol. The molecule has 1 aliphatic carbocycles. The molecule has 21 heavy (non-hydrogen) atoms. The summed E-state index contributed by atoms with van der Waals surface area (Å²) in [4.78, 5) is 4.23. The molecule has 0 atom stereocenters. The summed E-state index contributed by atoms with van der Waals surface area (Å²) < 4.78 is 5.61. The number of halogens is 1. The van der Waals surface area contributed by atoms with Gasteiger partial charge in [-0.3, -0.25) is 4.99 Å². The van der Waals surface area contributed by atoms with Gasteiger partial charge in [0.15, 0.2) is 5.96 Å². The summed E-state index contributed by atoms with van der Waals surface area (Å²) in [5, 5.41) is 6.69. The maximum Gasteiger partial charge on any atom is 0.190 e. The molecule has 5 heteroatoms. The van der Waals surface area contributed by atoms with E-state index in [1.54, 1.807) is 0 Å². The second kappa shape index (κ2) is 11.5. The maximum absolute atomic E-state index is 5.61. The van der Waals surface area contributed by atoms with Gasteiger partial charge in [-0.2, -0.15) is 0 Å². The van der Waals surface area contributed by atoms with Crippen molar-refractivity contribution in [1.29, 1.82) is 0 Å². The van der Waals surface area contributed by atoms with E-state index in [2.05, 4.69) is 36.4 Å². The zero-order valence-electron chi connectivity index (χ0n) is 14.2. The third kappa shape index (κ3) is 13.4. The molecule has 126 valence electrons. The number of aliphatic imine (C=N–C) groups is 1. The second-order valence-electron chi connectivity index (χ2n) is 6.96. The fraction of sp³-hybridized carbons (Fsp3) is 0.938. The van der Waals surface area contributed by atoms with Crippen LogP contribution in [0.3, 0.4) is 0 Å². The molecule has 1 rings (SSSR count). The van der Waals surface area contributed by atoms with Crippen LogP contribution in [0.15, 0.2) is 4.99 Å². The van der Waals surface area contributed by atoms with Crippen LogP contribution in [-0.4, -0.2) is 39.3 Å². The van der Waals surface area contributed by atoms with Gasteiger partial charge in [0.25, 0.3) is 0 Å². The topological polar surface area (TPSA) is 45.7 Å². The summed E-state index contributed by atoms with van der Waals surface area (Å²) in [5.74, 6) is 1.77. The molecule has 1 aliphatic rings. The Labute approximate surface area is 147 Å². The summed E-state index contributed by atoms with van der Waals surface area (Å²) in [6, 6.07) is 0. The molecule has 4 nitrogen and oxygen atoms in total. The number of hydrogen-bond donors (Lipinski definition) is 2. The van der Waals surface area contributed by atoms with E-state index < -0.39 is 0 Å². The molecule has 0 aromatic rings. The largest absolute Gasteiger partial charge is 0.381 e. The monoisotopic (exact) mass is 411 g/mol. The summed E-state index contributed by atoms with van der Waals surface area (Å²) >= 11 is 0. The molecule has 0 radical (unpaired) electrons. The van der Waals surface area contributed by atoms with Crippen molar-refractivity contribution in [3.8, 4) is 0 Å². The highest BCUT2D eigenvalue weighted by atomic mass is 127. The van der Waals surface area contributed by atoms with E-state index in [0.717, 1.165) is 44.6 Å². The average Bonchev–Trinajstić information content (AvgIpc) is 3.18. The van der Waals surface area contributed by atoms with Crippen molar-refractivity contribution in [2.75, 3.05) is 33.4 Å². The molecule has 0 bridgehead atoms. The van der Waals surface area contributed by atoms with Crippen molar-refractivity contribution in [3.05, 3.63) is 0 Å². The van der Waals surface area contributed by atoms with Gasteiger partial charge >= 0.3 is 0 Å². The molecule has 0 aromatic carbocycles. The highest BCUT2D eigenvalue weighted by Crippen LogP contribution is 2.28. The fourth-order valence-electron chi connectivity index (χ4n) is 1.96. The van der Waals surface area contributed by atoms with Crippen LogP contribution in [0.5, 0.6) is 0 Å². The summed E-state index contributed by atoms with van der Waals surface area (Å²) in [6.45, 7) is 10.5. The van der Waals surface area contributed by atoms with Crippen molar-refractivity contribution >= 4 is 29.9 Å². The minimum atomic E-state index is 0. The number of nitrogens with zero attached hydrogens (tertiary/aromatic N) is 1. The Kier molecular flexibility index (Phi) is 11.5. The molecule has 0 spiro atoms. The summed E-state index contributed by atoms with van der Waals surface area (Å²) in [5.41, 5.74) is 0.414. The Bertz CT molecular complexity index is 286. The Morgan fingerprint density at radius 3 is 2.29 bits per heavy atom. The van der Waals surface area contributed by atoms with Gasteiger partial charge in [-0.25, -0.2) is 0 Å². The van der Waals surface area contributed by atoms with Gasteiger partial charge in [-0.05, 0) is 43.4 Å². The molecule has 0 aromatic heterocycles. The van der Waals surface area contributed by atoms with Crippen LogP contribution in [0.1, 0.15) is 52.9 Å². The van der Waals surface area contributed by atoms with E-state index in [-0.39, 0.29) is 24.0 Å². The number of ether oxygens (including phenoxy) is 1. The highest BCUT2D eigenvalue weighted by Gasteiger charge is 2.20. The Hall–Kier alpha value is -0.0400. The predicted molar refractivity (Wildman–Crippen MR) is 102 cm³/mol. The lowest BCUT2D eigenvalue weighted by molar-refractivity contribution is 0.123. The van der Waals surface area contributed by atoms with E-state index in [1.807, 2.05) is 7.05 Å². The van der Waals surface area contributed by atoms with Crippen LogP contribution in [0.25, 0.3) is 0 Å². The quantitative estimate of drug-likeness (QED) is 0.265. The van der Waals surface area contributed by atoms with Crippen molar-refractivity contribution in [2.24, 2.45) is 16.3 Å². The van der Waals surface area contributed by atoms with E-state index in [1.165, 1.54) is 25.7 Å². The number of rotatable bonds is 9. The van der Waals surface area contributed by atoms with Crippen molar-refractivity contribution < 1.29 is 4.74 Å². The summed E-state index contributed by atoms with van der Waals surface area (Å²) in [6.07, 6.45) is 6.17. The molecule has 1 fully saturated rings. The minimum absolute atomic E-state index is 0. The van der Waals surface area contributed by atoms with E-state index in [9.17, 15) is 0 Å². The maximum atomic E-state index is 5.61. The zero-order valence-corrected chi connectivity index (χ0v) is 16.5. The molecular weight excluding hydrogens is 377 g/mol. The van der Waals surface area contributed by atoms with Gasteiger partial charge in [0.1, 0.15) is 0 Å². The van der Waals surface area contributed by atoms with Gasteiger partial charge in [0, 0.05) is 33.4 Å². The van der Waals surface area contributed by atoms with Crippen molar-refractivity contribution in [2.45, 2.75) is 52.9 Å². The molecule has 0 amide bonds. The SMILES string of the molecule is CN=C(NCCCOCC1CC1)NCCCC(C)(C)C.I. The van der Waals surface area contributed by atoms with Crippen LogP contribution < -0.4 is 10.6 Å². The molecule has 0 heterocycles. The third-order valence-corrected chi connectivity index (χ3v) is 3.43. The molecule has 1 saturated carbocycles. The Morgan fingerprint density at radius 1 is 1.14 bits per heavy atom. The first-order chi connectivity index (χ1) is 9.51. The summed E-state index contributed by atoms with van der Waals surface area (Å²) in [7, 11) is 1.82. The lowest BCUT2D eigenvalue weighted by Crippen LogP contribution is -2.38. The predicted octanol–water partition coefficient (Wildman–Crippen LogP) is 3.41. The van der Waals surface area contributed by atoms with Crippen LogP contribution in [0.2, 0.25) is 0 Å². The second-order valence-corrected chi connectivity index (χ2v) is 6.96. The van der Waals surface area contributed by atoms with Crippen LogP contribution in [-0.2, 0) is 4.74 Å². The van der Waals surface area contributed by atoms with E-state index in [4.69, 9.17) is 4.74 Å². The minimum Gasteiger partial charge on any atom is -0.381 e. The van der Waals surface area contributed by atoms with E-state index in [0.29, 0.717) is 5.41 Å². The van der Waals surface area contributed by atoms with Crippen LogP contribution in [0, 0.1) is 11.3 Å². The normalized spacial score (nSPS) is 15.5. The molecular formula is C16H34IN3O. The van der Waals surface area contributed by atoms with E-state index >= 15 is 0 Å². The Morgan fingerprint density at radius 2 is 1.76 bits per heavy atom. The highest BCUT2D eigenvalue weighted by molar-refractivity contribution is 14.0. The molecule has 2 N–H and O–H groups in total. The smallest absolute Gasteiger partial charge is 0.190 e. The third-order valence-electron chi connectivity index (χ3n) is 3.43. The first kappa shape index (κ1) is 21.0.